The van der Waals surface area contributed by atoms with E-state index < -0.39 is 6.67 Å². The molecule has 1 aromatic heterocycles. The molecule has 0 aliphatic rings. The topological polar surface area (TPSA) is 52.0 Å². The summed E-state index contributed by atoms with van der Waals surface area (Å²) in [5.74, 6) is 0.232. The minimum absolute atomic E-state index is 0.232. The summed E-state index contributed by atoms with van der Waals surface area (Å²) in [7, 11) is 0. The van der Waals surface area contributed by atoms with Gasteiger partial charge in [-0.05, 0) is 0 Å². The zero-order valence-corrected chi connectivity index (χ0v) is 4.80. The van der Waals surface area contributed by atoms with Crippen LogP contribution in [-0.2, 0) is 13.2 Å². The van der Waals surface area contributed by atoms with Crippen molar-refractivity contribution in [2.75, 3.05) is 0 Å². The van der Waals surface area contributed by atoms with Gasteiger partial charge < -0.3 is 10.3 Å². The van der Waals surface area contributed by atoms with Crippen molar-refractivity contribution >= 4 is 0 Å². The van der Waals surface area contributed by atoms with Gasteiger partial charge in [0.1, 0.15) is 6.67 Å². The molecule has 50 valence electrons. The second-order valence-electron chi connectivity index (χ2n) is 1.62. The molecule has 0 atom stereocenters. The molecule has 3 nitrogen and oxygen atoms in total. The molecule has 0 aliphatic carbocycles. The molecule has 0 aromatic carbocycles. The molecule has 0 radical (unpaired) electrons. The van der Waals surface area contributed by atoms with Gasteiger partial charge in [-0.2, -0.15) is 0 Å². The second-order valence-corrected chi connectivity index (χ2v) is 1.62. The van der Waals surface area contributed by atoms with E-state index in [9.17, 15) is 4.39 Å². The van der Waals surface area contributed by atoms with E-state index in [1.54, 1.807) is 0 Å². The maximum atomic E-state index is 11.7. The van der Waals surface area contributed by atoms with Crippen LogP contribution < -0.4 is 5.73 Å². The van der Waals surface area contributed by atoms with Gasteiger partial charge in [0.05, 0.1) is 5.69 Å². The molecular weight excluding hydrogens is 123 g/mol. The van der Waals surface area contributed by atoms with Crippen LogP contribution in [0.2, 0.25) is 0 Å². The first-order chi connectivity index (χ1) is 4.36. The third-order valence-corrected chi connectivity index (χ3v) is 0.949. The van der Waals surface area contributed by atoms with Crippen LogP contribution in [0, 0.1) is 0 Å². The number of halogens is 1. The molecule has 0 amide bonds. The molecule has 1 rings (SSSR count). The summed E-state index contributed by atoms with van der Waals surface area (Å²) < 4.78 is 16.2. The van der Waals surface area contributed by atoms with Crippen LogP contribution >= 0.6 is 0 Å². The Hall–Kier alpha value is -0.900. The average Bonchev–Trinajstić information content (AvgIpc) is 2.34. The summed E-state index contributed by atoms with van der Waals surface area (Å²) >= 11 is 0. The predicted octanol–water partition coefficient (Wildman–Crippen LogP) is 0.603. The van der Waals surface area contributed by atoms with E-state index in [4.69, 9.17) is 5.73 Å². The maximum absolute atomic E-state index is 11.7. The molecule has 2 N–H and O–H groups in total. The number of nitrogens with zero attached hydrogens (tertiary/aromatic N) is 1. The Labute approximate surface area is 51.6 Å². The molecule has 1 aromatic rings. The number of aromatic nitrogens is 1. The van der Waals surface area contributed by atoms with Crippen molar-refractivity contribution in [3.8, 4) is 0 Å². The SMILES string of the molecule is NCc1cc(CF)on1. The van der Waals surface area contributed by atoms with Crippen LogP contribution in [0.25, 0.3) is 0 Å². The molecular formula is C5H7FN2O. The Morgan fingerprint density at radius 3 is 2.89 bits per heavy atom. The van der Waals surface area contributed by atoms with E-state index in [-0.39, 0.29) is 5.76 Å². The Morgan fingerprint density at radius 2 is 2.56 bits per heavy atom. The smallest absolute Gasteiger partial charge is 0.168 e. The Balaban J connectivity index is 2.74. The van der Waals surface area contributed by atoms with Crippen molar-refractivity contribution in [3.63, 3.8) is 0 Å². The lowest BCUT2D eigenvalue weighted by atomic mass is 10.4. The summed E-state index contributed by atoms with van der Waals surface area (Å²) in [6.07, 6.45) is 0. The number of nitrogens with two attached hydrogens (primary N) is 1. The summed E-state index contributed by atoms with van der Waals surface area (Å²) in [4.78, 5) is 0. The first kappa shape index (κ1) is 6.22. The van der Waals surface area contributed by atoms with E-state index >= 15 is 0 Å². The van der Waals surface area contributed by atoms with E-state index in [2.05, 4.69) is 9.68 Å². The molecule has 0 saturated carbocycles. The van der Waals surface area contributed by atoms with E-state index in [1.165, 1.54) is 6.07 Å². The van der Waals surface area contributed by atoms with Crippen molar-refractivity contribution in [1.82, 2.24) is 5.16 Å². The van der Waals surface area contributed by atoms with Crippen LogP contribution in [-0.4, -0.2) is 5.16 Å². The third-order valence-electron chi connectivity index (χ3n) is 0.949. The molecule has 4 heteroatoms. The quantitative estimate of drug-likeness (QED) is 0.637. The Kier molecular flexibility index (Phi) is 1.79. The first-order valence-electron chi connectivity index (χ1n) is 2.57. The fraction of sp³-hybridized carbons (Fsp3) is 0.400. The van der Waals surface area contributed by atoms with Gasteiger partial charge >= 0.3 is 0 Å². The van der Waals surface area contributed by atoms with Gasteiger partial charge in [0.25, 0.3) is 0 Å². The lowest BCUT2D eigenvalue weighted by Gasteiger charge is -1.76. The van der Waals surface area contributed by atoms with Crippen LogP contribution in [0.5, 0.6) is 0 Å². The lowest BCUT2D eigenvalue weighted by Crippen LogP contribution is -1.94. The van der Waals surface area contributed by atoms with Crippen LogP contribution in [0.1, 0.15) is 11.5 Å². The zero-order valence-electron chi connectivity index (χ0n) is 4.80. The minimum Gasteiger partial charge on any atom is -0.358 e. The standard InChI is InChI=1S/C5H7FN2O/c6-2-5-1-4(3-7)8-9-5/h1H,2-3,7H2. The van der Waals surface area contributed by atoms with Gasteiger partial charge in [-0.3, -0.25) is 0 Å². The highest BCUT2D eigenvalue weighted by molar-refractivity contribution is 5.03. The predicted molar refractivity (Wildman–Crippen MR) is 29.2 cm³/mol. The Morgan fingerprint density at radius 1 is 1.78 bits per heavy atom. The van der Waals surface area contributed by atoms with Gasteiger partial charge in [-0.25, -0.2) is 4.39 Å². The zero-order chi connectivity index (χ0) is 6.69. The molecule has 0 saturated heterocycles. The number of hydrogen-bond donors (Lipinski definition) is 1. The van der Waals surface area contributed by atoms with Gasteiger partial charge in [0.2, 0.25) is 0 Å². The lowest BCUT2D eigenvalue weighted by molar-refractivity contribution is 0.327. The van der Waals surface area contributed by atoms with E-state index in [0.717, 1.165) is 0 Å². The Bertz CT molecular complexity index is 168. The maximum Gasteiger partial charge on any atom is 0.168 e. The largest absolute Gasteiger partial charge is 0.358 e. The van der Waals surface area contributed by atoms with Gasteiger partial charge in [0.15, 0.2) is 5.76 Å². The molecule has 0 aliphatic heterocycles. The normalized spacial score (nSPS) is 10.0. The van der Waals surface area contributed by atoms with Gasteiger partial charge in [-0.15, -0.1) is 0 Å². The third kappa shape index (κ3) is 1.26. The van der Waals surface area contributed by atoms with Crippen molar-refractivity contribution in [2.45, 2.75) is 13.2 Å². The number of hydrogen-bond acceptors (Lipinski definition) is 3. The molecule has 0 fully saturated rings. The number of alkyl halides is 1. The van der Waals surface area contributed by atoms with E-state index in [0.29, 0.717) is 12.2 Å². The average molecular weight is 130 g/mol. The molecule has 1 heterocycles. The van der Waals surface area contributed by atoms with Crippen LogP contribution in [0.3, 0.4) is 0 Å². The van der Waals surface area contributed by atoms with Crippen molar-refractivity contribution < 1.29 is 8.91 Å². The van der Waals surface area contributed by atoms with E-state index in [1.807, 2.05) is 0 Å². The van der Waals surface area contributed by atoms with Crippen molar-refractivity contribution in [2.24, 2.45) is 5.73 Å². The highest BCUT2D eigenvalue weighted by atomic mass is 19.1. The summed E-state index contributed by atoms with van der Waals surface area (Å²) in [6.45, 7) is -0.323. The van der Waals surface area contributed by atoms with Crippen LogP contribution in [0.4, 0.5) is 4.39 Å². The van der Waals surface area contributed by atoms with Gasteiger partial charge in [-0.1, -0.05) is 5.16 Å². The fourth-order valence-electron chi connectivity index (χ4n) is 0.515. The molecule has 0 bridgehead atoms. The second kappa shape index (κ2) is 2.59. The fourth-order valence-corrected chi connectivity index (χ4v) is 0.515. The van der Waals surface area contributed by atoms with Crippen molar-refractivity contribution in [3.05, 3.63) is 17.5 Å². The summed E-state index contributed by atoms with van der Waals surface area (Å²) in [5, 5.41) is 3.47. The number of rotatable bonds is 2. The summed E-state index contributed by atoms with van der Waals surface area (Å²) in [5.41, 5.74) is 5.76. The van der Waals surface area contributed by atoms with Crippen molar-refractivity contribution in [1.29, 1.82) is 0 Å². The molecule has 9 heavy (non-hydrogen) atoms. The highest BCUT2D eigenvalue weighted by Crippen LogP contribution is 2.02. The molecule has 0 unspecified atom stereocenters. The molecule has 0 spiro atoms. The highest BCUT2D eigenvalue weighted by Gasteiger charge is 1.99. The summed E-state index contributed by atoms with van der Waals surface area (Å²) in [6, 6.07) is 1.50. The minimum atomic E-state index is -0.618. The van der Waals surface area contributed by atoms with Gasteiger partial charge in [0, 0.05) is 12.6 Å². The monoisotopic (exact) mass is 130 g/mol. The van der Waals surface area contributed by atoms with Crippen LogP contribution in [0.15, 0.2) is 10.6 Å². The first-order valence-corrected chi connectivity index (χ1v) is 2.57.